The smallest absolute Gasteiger partial charge is 0.252 e. The molecule has 2 aromatic rings. The lowest BCUT2D eigenvalue weighted by atomic mass is 10.0. The van der Waals surface area contributed by atoms with Gasteiger partial charge in [-0.1, -0.05) is 13.8 Å². The SMILES string of the molecule is Cc1nn(C(C)(C)C)c2nc(C(C)C)cc(C(=O)N[C@@H](C)CO)c12. The summed E-state index contributed by atoms with van der Waals surface area (Å²) < 4.78 is 1.88. The summed E-state index contributed by atoms with van der Waals surface area (Å²) in [5.74, 6) is -0.0118. The maximum atomic E-state index is 12.7. The van der Waals surface area contributed by atoms with Crippen LogP contribution in [0.1, 0.15) is 69.2 Å². The van der Waals surface area contributed by atoms with E-state index < -0.39 is 0 Å². The molecule has 0 radical (unpaired) electrons. The first-order valence-electron chi connectivity index (χ1n) is 8.38. The standard InChI is InChI=1S/C18H28N4O2/c1-10(2)14-8-13(17(24)19-11(3)9-23)15-12(4)21-22(16(15)20-14)18(5,6)7/h8,10-11,23H,9H2,1-7H3,(H,19,24)/t11-/m0/s1. The summed E-state index contributed by atoms with van der Waals surface area (Å²) in [6.07, 6.45) is 0. The highest BCUT2D eigenvalue weighted by atomic mass is 16.3. The molecule has 0 aromatic carbocycles. The predicted octanol–water partition coefficient (Wildman–Crippen LogP) is 2.73. The molecule has 1 amide bonds. The second-order valence-corrected chi connectivity index (χ2v) is 7.67. The van der Waals surface area contributed by atoms with Crippen LogP contribution in [0.25, 0.3) is 11.0 Å². The van der Waals surface area contributed by atoms with E-state index >= 15 is 0 Å². The predicted molar refractivity (Wildman–Crippen MR) is 95.4 cm³/mol. The number of carbonyl (C=O) groups is 1. The highest BCUT2D eigenvalue weighted by Crippen LogP contribution is 2.28. The van der Waals surface area contributed by atoms with E-state index in [1.807, 2.05) is 17.7 Å². The largest absolute Gasteiger partial charge is 0.394 e. The van der Waals surface area contributed by atoms with Gasteiger partial charge < -0.3 is 10.4 Å². The summed E-state index contributed by atoms with van der Waals surface area (Å²) in [5.41, 5.74) is 2.70. The van der Waals surface area contributed by atoms with Crippen LogP contribution < -0.4 is 5.32 Å². The maximum Gasteiger partial charge on any atom is 0.252 e. The second-order valence-electron chi connectivity index (χ2n) is 7.67. The lowest BCUT2D eigenvalue weighted by Gasteiger charge is -2.20. The van der Waals surface area contributed by atoms with E-state index in [1.54, 1.807) is 6.92 Å². The number of rotatable bonds is 4. The van der Waals surface area contributed by atoms with Crippen LogP contribution in [-0.4, -0.2) is 38.4 Å². The van der Waals surface area contributed by atoms with Crippen molar-refractivity contribution in [3.63, 3.8) is 0 Å². The molecule has 2 rings (SSSR count). The van der Waals surface area contributed by atoms with Gasteiger partial charge in [-0.25, -0.2) is 9.67 Å². The molecule has 24 heavy (non-hydrogen) atoms. The zero-order valence-electron chi connectivity index (χ0n) is 15.6. The summed E-state index contributed by atoms with van der Waals surface area (Å²) >= 11 is 0. The fourth-order valence-corrected chi connectivity index (χ4v) is 2.60. The van der Waals surface area contributed by atoms with Gasteiger partial charge in [0.15, 0.2) is 5.65 Å². The molecule has 132 valence electrons. The van der Waals surface area contributed by atoms with Gasteiger partial charge in [0.1, 0.15) is 0 Å². The number of nitrogens with one attached hydrogen (secondary N) is 1. The van der Waals surface area contributed by atoms with Crippen LogP contribution in [0, 0.1) is 6.92 Å². The van der Waals surface area contributed by atoms with E-state index in [9.17, 15) is 9.90 Å². The number of amides is 1. The van der Waals surface area contributed by atoms with Crippen molar-refractivity contribution in [2.75, 3.05) is 6.61 Å². The van der Waals surface area contributed by atoms with Gasteiger partial charge in [0, 0.05) is 11.7 Å². The molecule has 0 unspecified atom stereocenters. The highest BCUT2D eigenvalue weighted by molar-refractivity contribution is 6.06. The topological polar surface area (TPSA) is 80.0 Å². The monoisotopic (exact) mass is 332 g/mol. The van der Waals surface area contributed by atoms with Gasteiger partial charge in [0.25, 0.3) is 5.91 Å². The molecule has 6 heteroatoms. The van der Waals surface area contributed by atoms with Crippen molar-refractivity contribution in [1.29, 1.82) is 0 Å². The Bertz CT molecular complexity index is 756. The number of hydrogen-bond acceptors (Lipinski definition) is 4. The molecule has 2 aromatic heterocycles. The number of pyridine rings is 1. The number of aliphatic hydroxyl groups excluding tert-OH is 1. The van der Waals surface area contributed by atoms with E-state index in [-0.39, 0.29) is 30.0 Å². The van der Waals surface area contributed by atoms with Crippen molar-refractivity contribution in [1.82, 2.24) is 20.1 Å². The van der Waals surface area contributed by atoms with Crippen LogP contribution in [0.3, 0.4) is 0 Å². The van der Waals surface area contributed by atoms with Gasteiger partial charge >= 0.3 is 0 Å². The Morgan fingerprint density at radius 1 is 1.33 bits per heavy atom. The third kappa shape index (κ3) is 3.43. The summed E-state index contributed by atoms with van der Waals surface area (Å²) in [6.45, 7) is 13.9. The molecule has 0 aliphatic heterocycles. The molecule has 0 saturated carbocycles. The highest BCUT2D eigenvalue weighted by Gasteiger charge is 2.25. The molecule has 2 heterocycles. The number of aliphatic hydroxyl groups is 1. The molecule has 0 fully saturated rings. The zero-order valence-corrected chi connectivity index (χ0v) is 15.6. The van der Waals surface area contributed by atoms with Gasteiger partial charge in [-0.3, -0.25) is 4.79 Å². The first kappa shape index (κ1) is 18.4. The van der Waals surface area contributed by atoms with Crippen molar-refractivity contribution in [3.8, 4) is 0 Å². The van der Waals surface area contributed by atoms with E-state index in [0.29, 0.717) is 5.56 Å². The first-order chi connectivity index (χ1) is 11.1. The molecular formula is C18H28N4O2. The molecule has 0 saturated heterocycles. The first-order valence-corrected chi connectivity index (χ1v) is 8.38. The van der Waals surface area contributed by atoms with Crippen LogP contribution in [0.2, 0.25) is 0 Å². The minimum atomic E-state index is -0.304. The van der Waals surface area contributed by atoms with Crippen LogP contribution in [0.4, 0.5) is 0 Å². The third-order valence-electron chi connectivity index (χ3n) is 3.96. The Labute approximate surface area is 143 Å². The van der Waals surface area contributed by atoms with Crippen LogP contribution in [0.15, 0.2) is 6.07 Å². The molecule has 1 atom stereocenters. The van der Waals surface area contributed by atoms with Gasteiger partial charge in [-0.15, -0.1) is 0 Å². The fraction of sp³-hybridized carbons (Fsp3) is 0.611. The van der Waals surface area contributed by atoms with Gasteiger partial charge in [-0.2, -0.15) is 5.10 Å². The van der Waals surface area contributed by atoms with Crippen LogP contribution >= 0.6 is 0 Å². The van der Waals surface area contributed by atoms with E-state index in [0.717, 1.165) is 22.4 Å². The molecule has 0 spiro atoms. The van der Waals surface area contributed by atoms with Gasteiger partial charge in [-0.05, 0) is 46.6 Å². The Morgan fingerprint density at radius 3 is 2.46 bits per heavy atom. The van der Waals surface area contributed by atoms with Crippen LogP contribution in [0.5, 0.6) is 0 Å². The summed E-state index contributed by atoms with van der Waals surface area (Å²) in [7, 11) is 0. The molecule has 2 N–H and O–H groups in total. The molecule has 0 bridgehead atoms. The summed E-state index contributed by atoms with van der Waals surface area (Å²) in [6, 6.07) is 1.54. The summed E-state index contributed by atoms with van der Waals surface area (Å²) in [5, 5.41) is 17.4. The van der Waals surface area contributed by atoms with Crippen molar-refractivity contribution in [2.24, 2.45) is 0 Å². The Kier molecular flexibility index (Phi) is 4.99. The number of aryl methyl sites for hydroxylation is 1. The second kappa shape index (κ2) is 6.51. The van der Waals surface area contributed by atoms with Crippen molar-refractivity contribution >= 4 is 16.9 Å². The van der Waals surface area contributed by atoms with E-state index in [4.69, 9.17) is 4.98 Å². The van der Waals surface area contributed by atoms with E-state index in [1.165, 1.54) is 0 Å². The van der Waals surface area contributed by atoms with Gasteiger partial charge in [0.05, 0.1) is 28.8 Å². The van der Waals surface area contributed by atoms with Crippen molar-refractivity contribution < 1.29 is 9.90 Å². The Balaban J connectivity index is 2.74. The Hall–Kier alpha value is -1.95. The Morgan fingerprint density at radius 2 is 1.96 bits per heavy atom. The third-order valence-corrected chi connectivity index (χ3v) is 3.96. The number of carbonyl (C=O) groups excluding carboxylic acids is 1. The lowest BCUT2D eigenvalue weighted by molar-refractivity contribution is 0.0923. The number of nitrogens with zero attached hydrogens (tertiary/aromatic N) is 3. The lowest BCUT2D eigenvalue weighted by Crippen LogP contribution is -2.35. The van der Waals surface area contributed by atoms with E-state index in [2.05, 4.69) is 45.0 Å². The molecule has 0 aliphatic rings. The maximum absolute atomic E-state index is 12.7. The zero-order chi connectivity index (χ0) is 18.2. The van der Waals surface area contributed by atoms with Crippen molar-refractivity contribution in [2.45, 2.75) is 66.0 Å². The molecule has 6 nitrogen and oxygen atoms in total. The average molecular weight is 332 g/mol. The minimum Gasteiger partial charge on any atom is -0.394 e. The molecule has 0 aliphatic carbocycles. The van der Waals surface area contributed by atoms with Crippen LogP contribution in [-0.2, 0) is 5.54 Å². The number of hydrogen-bond donors (Lipinski definition) is 2. The summed E-state index contributed by atoms with van der Waals surface area (Å²) in [4.78, 5) is 17.5. The molecular weight excluding hydrogens is 304 g/mol. The van der Waals surface area contributed by atoms with Gasteiger partial charge in [0.2, 0.25) is 0 Å². The normalized spacial score (nSPS) is 13.5. The quantitative estimate of drug-likeness (QED) is 0.902. The average Bonchev–Trinajstić information content (AvgIpc) is 2.83. The number of fused-ring (bicyclic) bond motifs is 1. The van der Waals surface area contributed by atoms with Crippen molar-refractivity contribution in [3.05, 3.63) is 23.0 Å². The fourth-order valence-electron chi connectivity index (χ4n) is 2.60. The number of aromatic nitrogens is 3. The minimum absolute atomic E-state index is 0.1000.